The summed E-state index contributed by atoms with van der Waals surface area (Å²) in [4.78, 5) is 19.3. The number of benzene rings is 1. The molecule has 6 heteroatoms. The zero-order valence-corrected chi connectivity index (χ0v) is 16.9. The van der Waals surface area contributed by atoms with Crippen LogP contribution < -0.4 is 20.3 Å². The van der Waals surface area contributed by atoms with Gasteiger partial charge >= 0.3 is 6.03 Å². The van der Waals surface area contributed by atoms with Gasteiger partial charge in [-0.2, -0.15) is 0 Å². The zero-order chi connectivity index (χ0) is 19.9. The maximum absolute atomic E-state index is 12.5. The van der Waals surface area contributed by atoms with E-state index < -0.39 is 0 Å². The van der Waals surface area contributed by atoms with Crippen LogP contribution in [0, 0.1) is 5.92 Å². The van der Waals surface area contributed by atoms with Gasteiger partial charge in [0.25, 0.3) is 0 Å². The number of carbonyl (C=O) groups is 1. The predicted octanol–water partition coefficient (Wildman–Crippen LogP) is 3.89. The minimum atomic E-state index is -0.172. The molecule has 0 radical (unpaired) electrons. The first-order valence-electron chi connectivity index (χ1n) is 9.95. The number of pyridine rings is 1. The SMILES string of the molecule is COc1ccc(C(NC(=O)NCc2ccnc(N3CCCC3)c2)C(C)C)cc1. The minimum absolute atomic E-state index is 0.0662. The lowest BCUT2D eigenvalue weighted by atomic mass is 9.96. The lowest BCUT2D eigenvalue weighted by molar-refractivity contribution is 0.232. The summed E-state index contributed by atoms with van der Waals surface area (Å²) in [6.07, 6.45) is 4.25. The standard InChI is InChI=1S/C22H30N4O2/c1-16(2)21(18-6-8-19(28-3)9-7-18)25-22(27)24-15-17-10-11-23-20(14-17)26-12-4-5-13-26/h6-11,14,16,21H,4-5,12-13,15H2,1-3H3,(H2,24,25,27). The molecule has 150 valence electrons. The second-order valence-corrected chi connectivity index (χ2v) is 7.54. The van der Waals surface area contributed by atoms with Gasteiger partial charge in [-0.15, -0.1) is 0 Å². The normalized spacial score (nSPS) is 14.8. The van der Waals surface area contributed by atoms with Gasteiger partial charge in [0.05, 0.1) is 13.2 Å². The number of ether oxygens (including phenoxy) is 1. The van der Waals surface area contributed by atoms with Crippen molar-refractivity contribution in [3.05, 3.63) is 53.7 Å². The first kappa shape index (κ1) is 20.0. The summed E-state index contributed by atoms with van der Waals surface area (Å²) in [5.74, 6) is 2.07. The van der Waals surface area contributed by atoms with Crippen LogP contribution >= 0.6 is 0 Å². The number of amides is 2. The van der Waals surface area contributed by atoms with Crippen LogP contribution in [0.5, 0.6) is 5.75 Å². The van der Waals surface area contributed by atoms with Crippen molar-refractivity contribution >= 4 is 11.8 Å². The van der Waals surface area contributed by atoms with Crippen molar-refractivity contribution in [3.63, 3.8) is 0 Å². The smallest absolute Gasteiger partial charge is 0.315 e. The number of carbonyl (C=O) groups excluding carboxylic acids is 1. The van der Waals surface area contributed by atoms with Crippen molar-refractivity contribution in [2.24, 2.45) is 5.92 Å². The van der Waals surface area contributed by atoms with Crippen molar-refractivity contribution < 1.29 is 9.53 Å². The number of nitrogens with one attached hydrogen (secondary N) is 2. The number of methoxy groups -OCH3 is 1. The van der Waals surface area contributed by atoms with Crippen LogP contribution in [0.15, 0.2) is 42.6 Å². The van der Waals surface area contributed by atoms with E-state index in [0.717, 1.165) is 35.8 Å². The Kier molecular flexibility index (Phi) is 6.74. The van der Waals surface area contributed by atoms with Gasteiger partial charge in [0.15, 0.2) is 0 Å². The molecule has 1 atom stereocenters. The van der Waals surface area contributed by atoms with Gasteiger partial charge in [-0.25, -0.2) is 9.78 Å². The van der Waals surface area contributed by atoms with Gasteiger partial charge in [0, 0.05) is 25.8 Å². The van der Waals surface area contributed by atoms with Gasteiger partial charge in [-0.1, -0.05) is 26.0 Å². The van der Waals surface area contributed by atoms with Crippen LogP contribution in [0.1, 0.15) is 43.9 Å². The van der Waals surface area contributed by atoms with Gasteiger partial charge in [-0.05, 0) is 54.2 Å². The molecule has 1 aromatic carbocycles. The van der Waals surface area contributed by atoms with E-state index in [0.29, 0.717) is 6.54 Å². The van der Waals surface area contributed by atoms with Crippen LogP contribution in [0.25, 0.3) is 0 Å². The number of hydrogen-bond acceptors (Lipinski definition) is 4. The summed E-state index contributed by atoms with van der Waals surface area (Å²) >= 11 is 0. The van der Waals surface area contributed by atoms with Gasteiger partial charge in [-0.3, -0.25) is 0 Å². The summed E-state index contributed by atoms with van der Waals surface area (Å²) < 4.78 is 5.22. The molecule has 28 heavy (non-hydrogen) atoms. The number of hydrogen-bond donors (Lipinski definition) is 2. The third-order valence-electron chi connectivity index (χ3n) is 5.12. The maximum atomic E-state index is 12.5. The highest BCUT2D eigenvalue weighted by molar-refractivity contribution is 5.74. The highest BCUT2D eigenvalue weighted by Crippen LogP contribution is 2.24. The number of aromatic nitrogens is 1. The van der Waals surface area contributed by atoms with Crippen molar-refractivity contribution in [1.82, 2.24) is 15.6 Å². The molecule has 1 aliphatic rings. The molecule has 3 rings (SSSR count). The van der Waals surface area contributed by atoms with Crippen LogP contribution in [-0.2, 0) is 6.54 Å². The molecular weight excluding hydrogens is 352 g/mol. The molecule has 1 saturated heterocycles. The molecule has 1 fully saturated rings. The highest BCUT2D eigenvalue weighted by Gasteiger charge is 2.18. The van der Waals surface area contributed by atoms with E-state index in [2.05, 4.69) is 40.4 Å². The summed E-state index contributed by atoms with van der Waals surface area (Å²) in [5.41, 5.74) is 2.11. The van der Waals surface area contributed by atoms with Gasteiger partial charge in [0.2, 0.25) is 0 Å². The van der Waals surface area contributed by atoms with E-state index in [1.165, 1.54) is 12.8 Å². The van der Waals surface area contributed by atoms with E-state index in [1.54, 1.807) is 7.11 Å². The lowest BCUT2D eigenvalue weighted by Crippen LogP contribution is -2.39. The van der Waals surface area contributed by atoms with Gasteiger partial charge < -0.3 is 20.3 Å². The Balaban J connectivity index is 1.58. The third kappa shape index (κ3) is 5.15. The maximum Gasteiger partial charge on any atom is 0.315 e. The summed E-state index contributed by atoms with van der Waals surface area (Å²) in [6.45, 7) is 6.79. The van der Waals surface area contributed by atoms with Crippen LogP contribution in [-0.4, -0.2) is 31.2 Å². The Morgan fingerprint density at radius 2 is 1.89 bits per heavy atom. The molecule has 2 heterocycles. The summed E-state index contributed by atoms with van der Waals surface area (Å²) in [6, 6.07) is 11.6. The predicted molar refractivity (Wildman–Crippen MR) is 112 cm³/mol. The number of urea groups is 1. The first-order valence-corrected chi connectivity index (χ1v) is 9.95. The average Bonchev–Trinajstić information content (AvgIpc) is 3.25. The summed E-state index contributed by atoms with van der Waals surface area (Å²) in [5, 5.41) is 6.07. The monoisotopic (exact) mass is 382 g/mol. The third-order valence-corrected chi connectivity index (χ3v) is 5.12. The molecule has 1 unspecified atom stereocenters. The number of anilines is 1. The molecule has 0 saturated carbocycles. The second kappa shape index (κ2) is 9.44. The lowest BCUT2D eigenvalue weighted by Gasteiger charge is -2.23. The van der Waals surface area contributed by atoms with Crippen LogP contribution in [0.2, 0.25) is 0 Å². The van der Waals surface area contributed by atoms with E-state index >= 15 is 0 Å². The Morgan fingerprint density at radius 1 is 1.18 bits per heavy atom. The number of nitrogens with zero attached hydrogens (tertiary/aromatic N) is 2. The highest BCUT2D eigenvalue weighted by atomic mass is 16.5. The molecule has 1 aliphatic heterocycles. The Labute approximate surface area is 167 Å². The van der Waals surface area contributed by atoms with Crippen LogP contribution in [0.4, 0.5) is 10.6 Å². The number of rotatable bonds is 7. The van der Waals surface area contributed by atoms with Crippen LogP contribution in [0.3, 0.4) is 0 Å². The minimum Gasteiger partial charge on any atom is -0.497 e. The van der Waals surface area contributed by atoms with Crippen molar-refractivity contribution in [2.75, 3.05) is 25.1 Å². The molecule has 1 aromatic heterocycles. The van der Waals surface area contributed by atoms with E-state index in [1.807, 2.05) is 36.5 Å². The molecule has 0 spiro atoms. The Morgan fingerprint density at radius 3 is 2.54 bits per heavy atom. The second-order valence-electron chi connectivity index (χ2n) is 7.54. The van der Waals surface area contributed by atoms with Gasteiger partial charge in [0.1, 0.15) is 11.6 Å². The van der Waals surface area contributed by atoms with Crippen molar-refractivity contribution in [2.45, 2.75) is 39.3 Å². The summed E-state index contributed by atoms with van der Waals surface area (Å²) in [7, 11) is 1.65. The molecule has 2 aromatic rings. The zero-order valence-electron chi connectivity index (χ0n) is 16.9. The fraction of sp³-hybridized carbons (Fsp3) is 0.455. The van der Waals surface area contributed by atoms with Crippen molar-refractivity contribution in [3.8, 4) is 5.75 Å². The van der Waals surface area contributed by atoms with E-state index in [4.69, 9.17) is 4.74 Å². The molecule has 2 amide bonds. The quantitative estimate of drug-likeness (QED) is 0.762. The molecular formula is C22H30N4O2. The fourth-order valence-electron chi connectivity index (χ4n) is 3.51. The molecule has 2 N–H and O–H groups in total. The van der Waals surface area contributed by atoms with Crippen molar-refractivity contribution in [1.29, 1.82) is 0 Å². The largest absolute Gasteiger partial charge is 0.497 e. The Bertz CT molecular complexity index is 770. The van der Waals surface area contributed by atoms with E-state index in [9.17, 15) is 4.79 Å². The van der Waals surface area contributed by atoms with E-state index in [-0.39, 0.29) is 18.0 Å². The molecule has 0 aliphatic carbocycles. The molecule has 0 bridgehead atoms. The molecule has 6 nitrogen and oxygen atoms in total. The fourth-order valence-corrected chi connectivity index (χ4v) is 3.51. The Hall–Kier alpha value is -2.76. The average molecular weight is 383 g/mol. The first-order chi connectivity index (χ1) is 13.6. The topological polar surface area (TPSA) is 66.5 Å².